The average Bonchev–Trinajstić information content (AvgIpc) is 3.39. The van der Waals surface area contributed by atoms with E-state index in [1.165, 1.54) is 21.9 Å². The summed E-state index contributed by atoms with van der Waals surface area (Å²) in [6.45, 7) is 1.10. The first kappa shape index (κ1) is 21.0. The standard InChI is InChI=1S/C28H27N3O2/c29-28-12-6-11-25(31-28)24-14-13-21(22-9-4-5-10-23(22)24)15-16-30-26(27-18-32-19-33-27)17-20-7-2-1-3-8-20/h1-14,18,26,30H,15-17,19H2,(H2,29,31). The second-order valence-electron chi connectivity index (χ2n) is 8.16. The van der Waals surface area contributed by atoms with Crippen LogP contribution in [0.5, 0.6) is 0 Å². The summed E-state index contributed by atoms with van der Waals surface area (Å²) >= 11 is 0. The smallest absolute Gasteiger partial charge is 0.229 e. The van der Waals surface area contributed by atoms with Crippen LogP contribution in [-0.4, -0.2) is 24.4 Å². The molecule has 0 amide bonds. The van der Waals surface area contributed by atoms with Gasteiger partial charge in [-0.1, -0.05) is 72.8 Å². The van der Waals surface area contributed by atoms with E-state index in [9.17, 15) is 0 Å². The van der Waals surface area contributed by atoms with E-state index in [2.05, 4.69) is 71.0 Å². The van der Waals surface area contributed by atoms with Gasteiger partial charge in [0.05, 0.1) is 11.7 Å². The van der Waals surface area contributed by atoms with Crippen molar-refractivity contribution in [2.45, 2.75) is 18.9 Å². The van der Waals surface area contributed by atoms with Gasteiger partial charge in [-0.3, -0.25) is 0 Å². The first-order valence-electron chi connectivity index (χ1n) is 11.2. The van der Waals surface area contributed by atoms with Gasteiger partial charge in [-0.05, 0) is 53.4 Å². The third-order valence-electron chi connectivity index (χ3n) is 5.97. The maximum absolute atomic E-state index is 5.93. The number of nitrogens with two attached hydrogens (primary N) is 1. The first-order valence-corrected chi connectivity index (χ1v) is 11.2. The molecule has 1 aliphatic heterocycles. The van der Waals surface area contributed by atoms with Crippen molar-refractivity contribution in [2.24, 2.45) is 0 Å². The number of ether oxygens (including phenoxy) is 2. The minimum atomic E-state index is 0.0666. The predicted molar refractivity (Wildman–Crippen MR) is 132 cm³/mol. The molecule has 0 saturated carbocycles. The van der Waals surface area contributed by atoms with E-state index in [0.717, 1.165) is 36.4 Å². The SMILES string of the molecule is Nc1cccc(-c2ccc(CCNC(Cc3ccccc3)C3=COCO3)c3ccccc23)n1. The number of hydrogen-bond acceptors (Lipinski definition) is 5. The van der Waals surface area contributed by atoms with Crippen LogP contribution >= 0.6 is 0 Å². The van der Waals surface area contributed by atoms with Crippen molar-refractivity contribution in [2.75, 3.05) is 19.1 Å². The Balaban J connectivity index is 1.35. The largest absolute Gasteiger partial charge is 0.462 e. The van der Waals surface area contributed by atoms with Crippen LogP contribution in [-0.2, 0) is 22.3 Å². The van der Waals surface area contributed by atoms with Gasteiger partial charge in [0.1, 0.15) is 12.1 Å². The Morgan fingerprint density at radius 3 is 2.48 bits per heavy atom. The highest BCUT2D eigenvalue weighted by atomic mass is 16.7. The molecule has 5 rings (SSSR count). The molecule has 1 unspecified atom stereocenters. The average molecular weight is 438 g/mol. The zero-order valence-electron chi connectivity index (χ0n) is 18.4. The molecule has 3 aromatic carbocycles. The summed E-state index contributed by atoms with van der Waals surface area (Å²) in [5.41, 5.74) is 10.5. The summed E-state index contributed by atoms with van der Waals surface area (Å²) in [7, 11) is 0. The number of benzene rings is 3. The first-order chi connectivity index (χ1) is 16.3. The van der Waals surface area contributed by atoms with Crippen molar-refractivity contribution < 1.29 is 9.47 Å². The lowest BCUT2D eigenvalue weighted by molar-refractivity contribution is 0.0734. The number of nitrogens with zero attached hydrogens (tertiary/aromatic N) is 1. The summed E-state index contributed by atoms with van der Waals surface area (Å²) in [6.07, 6.45) is 3.46. The number of hydrogen-bond donors (Lipinski definition) is 2. The Hall–Kier alpha value is -3.83. The van der Waals surface area contributed by atoms with Gasteiger partial charge in [-0.15, -0.1) is 0 Å². The van der Waals surface area contributed by atoms with Gasteiger partial charge in [0.15, 0.2) is 5.76 Å². The number of nitrogen functional groups attached to an aromatic ring is 1. The van der Waals surface area contributed by atoms with Crippen molar-refractivity contribution in [3.63, 3.8) is 0 Å². The Bertz CT molecular complexity index is 1270. The molecule has 2 heterocycles. The number of rotatable bonds is 8. The summed E-state index contributed by atoms with van der Waals surface area (Å²) in [6, 6.07) is 29.1. The minimum Gasteiger partial charge on any atom is -0.462 e. The van der Waals surface area contributed by atoms with Gasteiger partial charge in [-0.25, -0.2) is 4.98 Å². The second-order valence-corrected chi connectivity index (χ2v) is 8.16. The van der Waals surface area contributed by atoms with Gasteiger partial charge in [-0.2, -0.15) is 0 Å². The maximum Gasteiger partial charge on any atom is 0.229 e. The molecular weight excluding hydrogens is 410 g/mol. The molecule has 0 bridgehead atoms. The van der Waals surface area contributed by atoms with Crippen molar-refractivity contribution >= 4 is 16.6 Å². The van der Waals surface area contributed by atoms with Gasteiger partial charge in [0, 0.05) is 5.56 Å². The van der Waals surface area contributed by atoms with Gasteiger partial charge < -0.3 is 20.5 Å². The highest BCUT2D eigenvalue weighted by molar-refractivity contribution is 5.97. The van der Waals surface area contributed by atoms with Crippen LogP contribution in [0.1, 0.15) is 11.1 Å². The highest BCUT2D eigenvalue weighted by Gasteiger charge is 2.20. The van der Waals surface area contributed by atoms with Crippen molar-refractivity contribution in [3.8, 4) is 11.3 Å². The fraction of sp³-hybridized carbons (Fsp3) is 0.179. The summed E-state index contributed by atoms with van der Waals surface area (Å²) < 4.78 is 11.0. The molecule has 0 saturated heterocycles. The highest BCUT2D eigenvalue weighted by Crippen LogP contribution is 2.30. The summed E-state index contributed by atoms with van der Waals surface area (Å²) in [5, 5.41) is 6.10. The van der Waals surface area contributed by atoms with E-state index in [1.807, 2.05) is 24.3 Å². The van der Waals surface area contributed by atoms with Crippen LogP contribution in [0.4, 0.5) is 5.82 Å². The molecule has 3 N–H and O–H groups in total. The van der Waals surface area contributed by atoms with E-state index >= 15 is 0 Å². The molecule has 0 radical (unpaired) electrons. The molecule has 4 aromatic rings. The van der Waals surface area contributed by atoms with Crippen LogP contribution in [0.3, 0.4) is 0 Å². The molecule has 0 fully saturated rings. The van der Waals surface area contributed by atoms with Gasteiger partial charge in [0.2, 0.25) is 6.79 Å². The predicted octanol–water partition coefficient (Wildman–Crippen LogP) is 5.07. The lowest BCUT2D eigenvalue weighted by Crippen LogP contribution is -2.34. The minimum absolute atomic E-state index is 0.0666. The van der Waals surface area contributed by atoms with E-state index in [0.29, 0.717) is 5.82 Å². The Labute approximate surface area is 193 Å². The third-order valence-corrected chi connectivity index (χ3v) is 5.97. The fourth-order valence-electron chi connectivity index (χ4n) is 4.34. The molecule has 1 atom stereocenters. The molecule has 33 heavy (non-hydrogen) atoms. The zero-order chi connectivity index (χ0) is 22.5. The zero-order valence-corrected chi connectivity index (χ0v) is 18.4. The molecule has 0 spiro atoms. The van der Waals surface area contributed by atoms with Crippen LogP contribution in [0.25, 0.3) is 22.0 Å². The Kier molecular flexibility index (Phi) is 6.22. The lowest BCUT2D eigenvalue weighted by atomic mass is 9.95. The van der Waals surface area contributed by atoms with E-state index in [-0.39, 0.29) is 12.8 Å². The second kappa shape index (κ2) is 9.76. The van der Waals surface area contributed by atoms with E-state index < -0.39 is 0 Å². The van der Waals surface area contributed by atoms with Crippen molar-refractivity contribution in [1.29, 1.82) is 0 Å². The normalized spacial score (nSPS) is 13.9. The molecular formula is C28H27N3O2. The number of aromatic nitrogens is 1. The summed E-state index contributed by atoms with van der Waals surface area (Å²) in [5.74, 6) is 1.38. The molecule has 1 aliphatic rings. The van der Waals surface area contributed by atoms with E-state index in [4.69, 9.17) is 15.2 Å². The molecule has 1 aromatic heterocycles. The number of anilines is 1. The number of nitrogens with one attached hydrogen (secondary N) is 1. The van der Waals surface area contributed by atoms with Gasteiger partial charge in [0.25, 0.3) is 0 Å². The quantitative estimate of drug-likeness (QED) is 0.403. The number of pyridine rings is 1. The van der Waals surface area contributed by atoms with Crippen LogP contribution < -0.4 is 11.1 Å². The van der Waals surface area contributed by atoms with Crippen LogP contribution in [0.15, 0.2) is 97.0 Å². The molecule has 0 aliphatic carbocycles. The Morgan fingerprint density at radius 2 is 1.70 bits per heavy atom. The number of fused-ring (bicyclic) bond motifs is 1. The van der Waals surface area contributed by atoms with Crippen LogP contribution in [0, 0.1) is 0 Å². The maximum atomic E-state index is 5.93. The molecule has 5 nitrogen and oxygen atoms in total. The Morgan fingerprint density at radius 1 is 0.879 bits per heavy atom. The van der Waals surface area contributed by atoms with Crippen LogP contribution in [0.2, 0.25) is 0 Å². The van der Waals surface area contributed by atoms with Crippen molar-refractivity contribution in [3.05, 3.63) is 108 Å². The topological polar surface area (TPSA) is 69.4 Å². The molecule has 5 heteroatoms. The third kappa shape index (κ3) is 4.83. The lowest BCUT2D eigenvalue weighted by Gasteiger charge is -2.19. The summed E-state index contributed by atoms with van der Waals surface area (Å²) in [4.78, 5) is 4.53. The van der Waals surface area contributed by atoms with Crippen molar-refractivity contribution in [1.82, 2.24) is 10.3 Å². The fourth-order valence-corrected chi connectivity index (χ4v) is 4.34. The van der Waals surface area contributed by atoms with Gasteiger partial charge >= 0.3 is 0 Å². The van der Waals surface area contributed by atoms with E-state index in [1.54, 1.807) is 6.26 Å². The monoisotopic (exact) mass is 437 g/mol. The molecule has 166 valence electrons.